The van der Waals surface area contributed by atoms with Gasteiger partial charge in [-0.1, -0.05) is 0 Å². The Morgan fingerprint density at radius 3 is 2.71 bits per heavy atom. The predicted octanol–water partition coefficient (Wildman–Crippen LogP) is 2.81. The van der Waals surface area contributed by atoms with Crippen molar-refractivity contribution in [1.82, 2.24) is 4.98 Å². The molecule has 3 nitrogen and oxygen atoms in total. The van der Waals surface area contributed by atoms with Gasteiger partial charge in [-0.25, -0.2) is 0 Å². The standard InChI is InChI=1S/C11H8F3NO2/c12-11(13,14)17-9-1-2-10-7(6-9)5-8(15-10)3-4-16/h1-2,4-6,15H,3H2. The van der Waals surface area contributed by atoms with Gasteiger partial charge in [0.25, 0.3) is 0 Å². The zero-order valence-corrected chi connectivity index (χ0v) is 8.54. The summed E-state index contributed by atoms with van der Waals surface area (Å²) in [5.74, 6) is -0.276. The van der Waals surface area contributed by atoms with Crippen molar-refractivity contribution >= 4 is 17.2 Å². The van der Waals surface area contributed by atoms with Crippen molar-refractivity contribution in [1.29, 1.82) is 0 Å². The van der Waals surface area contributed by atoms with Gasteiger partial charge >= 0.3 is 6.36 Å². The monoisotopic (exact) mass is 243 g/mol. The van der Waals surface area contributed by atoms with Gasteiger partial charge in [0.1, 0.15) is 12.0 Å². The maximum absolute atomic E-state index is 12.0. The minimum atomic E-state index is -4.70. The molecule has 0 spiro atoms. The summed E-state index contributed by atoms with van der Waals surface area (Å²) in [7, 11) is 0. The molecular weight excluding hydrogens is 235 g/mol. The van der Waals surface area contributed by atoms with Gasteiger partial charge in [-0.3, -0.25) is 0 Å². The molecule has 0 bridgehead atoms. The fraction of sp³-hybridized carbons (Fsp3) is 0.182. The zero-order chi connectivity index (χ0) is 12.5. The molecule has 90 valence electrons. The normalized spacial score (nSPS) is 11.7. The Bertz CT molecular complexity index is 545. The summed E-state index contributed by atoms with van der Waals surface area (Å²) >= 11 is 0. The minimum Gasteiger partial charge on any atom is -0.406 e. The molecule has 6 heteroatoms. The first-order valence-corrected chi connectivity index (χ1v) is 4.79. The van der Waals surface area contributed by atoms with Crippen LogP contribution in [0.15, 0.2) is 24.3 Å². The quantitative estimate of drug-likeness (QED) is 0.842. The summed E-state index contributed by atoms with van der Waals surface area (Å²) in [4.78, 5) is 13.2. The molecule has 0 saturated heterocycles. The van der Waals surface area contributed by atoms with Crippen LogP contribution < -0.4 is 4.74 Å². The number of hydrogen-bond donors (Lipinski definition) is 1. The van der Waals surface area contributed by atoms with Crippen molar-refractivity contribution in [3.63, 3.8) is 0 Å². The molecule has 0 unspecified atom stereocenters. The summed E-state index contributed by atoms with van der Waals surface area (Å²) in [5, 5.41) is 0.573. The van der Waals surface area contributed by atoms with Crippen LogP contribution in [0.2, 0.25) is 0 Å². The third kappa shape index (κ3) is 2.77. The largest absolute Gasteiger partial charge is 0.573 e. The summed E-state index contributed by atoms with van der Waals surface area (Å²) in [6, 6.07) is 5.59. The van der Waals surface area contributed by atoms with Crippen molar-refractivity contribution in [3.05, 3.63) is 30.0 Å². The van der Waals surface area contributed by atoms with Crippen molar-refractivity contribution in [3.8, 4) is 5.75 Å². The number of carbonyl (C=O) groups excluding carboxylic acids is 1. The topological polar surface area (TPSA) is 42.1 Å². The molecule has 2 aromatic rings. The van der Waals surface area contributed by atoms with Gasteiger partial charge in [0.2, 0.25) is 0 Å². The predicted molar refractivity (Wildman–Crippen MR) is 54.7 cm³/mol. The van der Waals surface area contributed by atoms with Crippen LogP contribution in [0.4, 0.5) is 13.2 Å². The van der Waals surface area contributed by atoms with Crippen LogP contribution in [0.5, 0.6) is 5.75 Å². The maximum atomic E-state index is 12.0. The lowest BCUT2D eigenvalue weighted by molar-refractivity contribution is -0.274. The molecule has 0 aliphatic carbocycles. The van der Waals surface area contributed by atoms with E-state index in [2.05, 4.69) is 9.72 Å². The smallest absolute Gasteiger partial charge is 0.406 e. The molecule has 0 atom stereocenters. The third-order valence-corrected chi connectivity index (χ3v) is 2.18. The van der Waals surface area contributed by atoms with E-state index in [1.807, 2.05) is 0 Å². The molecule has 17 heavy (non-hydrogen) atoms. The van der Waals surface area contributed by atoms with Gasteiger partial charge in [-0.05, 0) is 24.3 Å². The minimum absolute atomic E-state index is 0.199. The number of halogens is 3. The molecule has 2 rings (SSSR count). The second kappa shape index (κ2) is 4.12. The first-order chi connectivity index (χ1) is 7.98. The number of hydrogen-bond acceptors (Lipinski definition) is 2. The highest BCUT2D eigenvalue weighted by Gasteiger charge is 2.31. The number of carbonyl (C=O) groups is 1. The molecule has 0 radical (unpaired) electrons. The summed E-state index contributed by atoms with van der Waals surface area (Å²) in [6.45, 7) is 0. The number of aldehydes is 1. The number of alkyl halides is 3. The van der Waals surface area contributed by atoms with E-state index in [1.54, 1.807) is 6.07 Å². The van der Waals surface area contributed by atoms with Crippen LogP contribution in [-0.2, 0) is 11.2 Å². The van der Waals surface area contributed by atoms with Gasteiger partial charge in [0, 0.05) is 23.0 Å². The first-order valence-electron chi connectivity index (χ1n) is 4.79. The SMILES string of the molecule is O=CCc1cc2cc(OC(F)(F)F)ccc2[nH]1. The first kappa shape index (κ1) is 11.5. The molecule has 0 aliphatic heterocycles. The van der Waals surface area contributed by atoms with E-state index in [0.717, 1.165) is 6.29 Å². The van der Waals surface area contributed by atoms with Gasteiger partial charge in [-0.15, -0.1) is 13.2 Å². The van der Waals surface area contributed by atoms with Gasteiger partial charge < -0.3 is 14.5 Å². The number of aromatic nitrogens is 1. The Balaban J connectivity index is 2.33. The summed E-state index contributed by atoms with van der Waals surface area (Å²) in [5.41, 5.74) is 1.32. The molecule has 1 heterocycles. The highest BCUT2D eigenvalue weighted by molar-refractivity contribution is 5.82. The van der Waals surface area contributed by atoms with Gasteiger partial charge in [0.05, 0.1) is 0 Å². The van der Waals surface area contributed by atoms with Crippen molar-refractivity contribution in [2.75, 3.05) is 0 Å². The van der Waals surface area contributed by atoms with Crippen LogP contribution in [0.25, 0.3) is 10.9 Å². The second-order valence-electron chi connectivity index (χ2n) is 3.46. The van der Waals surface area contributed by atoms with Crippen LogP contribution in [0, 0.1) is 0 Å². The molecular formula is C11H8F3NO2. The van der Waals surface area contributed by atoms with Gasteiger partial charge in [-0.2, -0.15) is 0 Å². The lowest BCUT2D eigenvalue weighted by Gasteiger charge is -2.08. The van der Waals surface area contributed by atoms with Crippen LogP contribution in [0.1, 0.15) is 5.69 Å². The van der Waals surface area contributed by atoms with E-state index in [4.69, 9.17) is 0 Å². The van der Waals surface area contributed by atoms with Crippen LogP contribution >= 0.6 is 0 Å². The van der Waals surface area contributed by atoms with Gasteiger partial charge in [0.15, 0.2) is 0 Å². The van der Waals surface area contributed by atoms with Crippen molar-refractivity contribution in [2.24, 2.45) is 0 Å². The van der Waals surface area contributed by atoms with E-state index in [1.165, 1.54) is 18.2 Å². The summed E-state index contributed by atoms with van der Waals surface area (Å²) in [6.07, 6.45) is -3.78. The third-order valence-electron chi connectivity index (χ3n) is 2.18. The number of fused-ring (bicyclic) bond motifs is 1. The Morgan fingerprint density at radius 2 is 2.06 bits per heavy atom. The Labute approximate surface area is 94.2 Å². The van der Waals surface area contributed by atoms with E-state index >= 15 is 0 Å². The maximum Gasteiger partial charge on any atom is 0.573 e. The number of H-pyrrole nitrogens is 1. The highest BCUT2D eigenvalue weighted by Crippen LogP contribution is 2.26. The lowest BCUT2D eigenvalue weighted by Crippen LogP contribution is -2.16. The Hall–Kier alpha value is -1.98. The zero-order valence-electron chi connectivity index (χ0n) is 8.54. The van der Waals surface area contributed by atoms with E-state index in [-0.39, 0.29) is 12.2 Å². The molecule has 0 amide bonds. The molecule has 1 N–H and O–H groups in total. The average molecular weight is 243 g/mol. The van der Waals surface area contributed by atoms with Crippen LogP contribution in [-0.4, -0.2) is 17.6 Å². The number of rotatable bonds is 3. The number of nitrogens with one attached hydrogen (secondary N) is 1. The number of benzene rings is 1. The average Bonchev–Trinajstić information content (AvgIpc) is 2.57. The van der Waals surface area contributed by atoms with E-state index < -0.39 is 6.36 Å². The van der Waals surface area contributed by atoms with Crippen molar-refractivity contribution < 1.29 is 22.7 Å². The molecule has 1 aromatic carbocycles. The second-order valence-corrected chi connectivity index (χ2v) is 3.46. The number of aromatic amines is 1. The highest BCUT2D eigenvalue weighted by atomic mass is 19.4. The molecule has 0 aliphatic rings. The fourth-order valence-electron chi connectivity index (χ4n) is 1.57. The van der Waals surface area contributed by atoms with E-state index in [0.29, 0.717) is 16.6 Å². The molecule has 0 fully saturated rings. The lowest BCUT2D eigenvalue weighted by atomic mass is 10.2. The van der Waals surface area contributed by atoms with Crippen LogP contribution in [0.3, 0.4) is 0 Å². The molecule has 1 aromatic heterocycles. The fourth-order valence-corrected chi connectivity index (χ4v) is 1.57. The van der Waals surface area contributed by atoms with E-state index in [9.17, 15) is 18.0 Å². The number of ether oxygens (including phenoxy) is 1. The Morgan fingerprint density at radius 1 is 1.29 bits per heavy atom. The Kier molecular flexibility index (Phi) is 2.79. The molecule has 0 saturated carbocycles. The van der Waals surface area contributed by atoms with Crippen molar-refractivity contribution in [2.45, 2.75) is 12.8 Å². The summed E-state index contributed by atoms with van der Waals surface area (Å²) < 4.78 is 39.8.